The summed E-state index contributed by atoms with van der Waals surface area (Å²) in [5, 5.41) is 2.70. The van der Waals surface area contributed by atoms with Crippen molar-refractivity contribution in [3.05, 3.63) is 84.4 Å². The first-order valence-electron chi connectivity index (χ1n) is 10.1. The molecule has 3 aromatic rings. The Morgan fingerprint density at radius 1 is 0.903 bits per heavy atom. The quantitative estimate of drug-likeness (QED) is 0.611. The highest BCUT2D eigenvalue weighted by molar-refractivity contribution is 6.00. The molecule has 1 heterocycles. The van der Waals surface area contributed by atoms with Gasteiger partial charge in [-0.2, -0.15) is 0 Å². The fourth-order valence-corrected chi connectivity index (χ4v) is 3.58. The number of amides is 2. The van der Waals surface area contributed by atoms with Crippen molar-refractivity contribution in [2.75, 3.05) is 23.4 Å². The van der Waals surface area contributed by atoms with E-state index in [1.165, 1.54) is 0 Å². The van der Waals surface area contributed by atoms with Gasteiger partial charge in [-0.25, -0.2) is 4.79 Å². The van der Waals surface area contributed by atoms with Gasteiger partial charge in [0.25, 0.3) is 5.91 Å². The van der Waals surface area contributed by atoms with Crippen LogP contribution in [0.1, 0.15) is 23.2 Å². The van der Waals surface area contributed by atoms with Gasteiger partial charge < -0.3 is 15.0 Å². The van der Waals surface area contributed by atoms with Gasteiger partial charge in [-0.1, -0.05) is 48.5 Å². The summed E-state index contributed by atoms with van der Waals surface area (Å²) in [6.45, 7) is 0.319. The average molecular weight is 414 g/mol. The summed E-state index contributed by atoms with van der Waals surface area (Å²) in [5.74, 6) is -0.882. The van der Waals surface area contributed by atoms with Crippen LogP contribution < -0.4 is 10.2 Å². The molecule has 1 aliphatic rings. The zero-order valence-corrected chi connectivity index (χ0v) is 16.9. The van der Waals surface area contributed by atoms with E-state index in [0.717, 1.165) is 23.2 Å². The summed E-state index contributed by atoms with van der Waals surface area (Å²) in [4.78, 5) is 38.4. The molecular weight excluding hydrogens is 392 g/mol. The van der Waals surface area contributed by atoms with E-state index in [0.29, 0.717) is 24.2 Å². The molecule has 31 heavy (non-hydrogen) atoms. The van der Waals surface area contributed by atoms with Crippen molar-refractivity contribution in [3.8, 4) is 11.1 Å². The van der Waals surface area contributed by atoms with Crippen molar-refractivity contribution in [3.63, 3.8) is 0 Å². The summed E-state index contributed by atoms with van der Waals surface area (Å²) in [7, 11) is 0. The smallest absolute Gasteiger partial charge is 0.339 e. The number of hydrogen-bond acceptors (Lipinski definition) is 4. The Hall–Kier alpha value is -3.93. The van der Waals surface area contributed by atoms with Crippen molar-refractivity contribution in [1.82, 2.24) is 0 Å². The van der Waals surface area contributed by atoms with Gasteiger partial charge in [0, 0.05) is 24.3 Å². The molecule has 3 aromatic carbocycles. The van der Waals surface area contributed by atoms with E-state index < -0.39 is 18.5 Å². The number of carbonyl (C=O) groups is 3. The number of ether oxygens (including phenoxy) is 1. The van der Waals surface area contributed by atoms with Crippen LogP contribution in [0.2, 0.25) is 0 Å². The topological polar surface area (TPSA) is 75.7 Å². The maximum absolute atomic E-state index is 12.6. The minimum atomic E-state index is -0.558. The molecule has 2 amide bonds. The molecule has 0 aliphatic carbocycles. The number of rotatable bonds is 6. The molecule has 1 fully saturated rings. The van der Waals surface area contributed by atoms with E-state index in [2.05, 4.69) is 5.32 Å². The van der Waals surface area contributed by atoms with Gasteiger partial charge >= 0.3 is 5.97 Å². The largest absolute Gasteiger partial charge is 0.452 e. The lowest BCUT2D eigenvalue weighted by atomic mass is 10.00. The predicted octanol–water partition coefficient (Wildman–Crippen LogP) is 4.28. The Morgan fingerprint density at radius 3 is 2.32 bits per heavy atom. The van der Waals surface area contributed by atoms with Gasteiger partial charge in [-0.15, -0.1) is 0 Å². The van der Waals surface area contributed by atoms with Crippen molar-refractivity contribution >= 4 is 29.2 Å². The summed E-state index contributed by atoms with van der Waals surface area (Å²) in [6, 6.07) is 23.7. The van der Waals surface area contributed by atoms with Crippen LogP contribution in [0, 0.1) is 0 Å². The Labute approximate surface area is 180 Å². The van der Waals surface area contributed by atoms with Gasteiger partial charge in [0.05, 0.1) is 5.56 Å². The van der Waals surface area contributed by atoms with Crippen molar-refractivity contribution < 1.29 is 19.1 Å². The third kappa shape index (κ3) is 4.80. The molecule has 0 unspecified atom stereocenters. The summed E-state index contributed by atoms with van der Waals surface area (Å²) in [6.07, 6.45) is 1.42. The maximum atomic E-state index is 12.6. The van der Waals surface area contributed by atoms with Gasteiger partial charge in [-0.3, -0.25) is 9.59 Å². The average Bonchev–Trinajstić information content (AvgIpc) is 3.24. The molecule has 0 atom stereocenters. The van der Waals surface area contributed by atoms with Crippen LogP contribution in [-0.4, -0.2) is 30.9 Å². The van der Waals surface area contributed by atoms with Crippen molar-refractivity contribution in [2.24, 2.45) is 0 Å². The van der Waals surface area contributed by atoms with E-state index >= 15 is 0 Å². The summed E-state index contributed by atoms with van der Waals surface area (Å²) in [5.41, 5.74) is 3.43. The van der Waals surface area contributed by atoms with E-state index in [1.807, 2.05) is 42.5 Å². The number of nitrogens with one attached hydrogen (secondary N) is 1. The van der Waals surface area contributed by atoms with Crippen molar-refractivity contribution in [2.45, 2.75) is 12.8 Å². The second kappa shape index (κ2) is 9.26. The third-order valence-electron chi connectivity index (χ3n) is 5.10. The normalized spacial score (nSPS) is 13.2. The van der Waals surface area contributed by atoms with E-state index in [1.54, 1.807) is 41.3 Å². The second-order valence-corrected chi connectivity index (χ2v) is 7.23. The monoisotopic (exact) mass is 414 g/mol. The fourth-order valence-electron chi connectivity index (χ4n) is 3.58. The first-order valence-corrected chi connectivity index (χ1v) is 10.1. The molecule has 0 bridgehead atoms. The molecule has 0 spiro atoms. The number of nitrogens with zero attached hydrogens (tertiary/aromatic N) is 1. The molecule has 0 aromatic heterocycles. The number of esters is 1. The summed E-state index contributed by atoms with van der Waals surface area (Å²) < 4.78 is 5.24. The van der Waals surface area contributed by atoms with Crippen LogP contribution in [-0.2, 0) is 14.3 Å². The van der Waals surface area contributed by atoms with Crippen LogP contribution in [0.4, 0.5) is 11.4 Å². The molecule has 1 aliphatic heterocycles. The third-order valence-corrected chi connectivity index (χ3v) is 5.10. The minimum absolute atomic E-state index is 0.111. The molecule has 6 heteroatoms. The highest BCUT2D eigenvalue weighted by atomic mass is 16.5. The standard InChI is InChI=1S/C25H22N2O4/c28-23(26-19-12-14-20(15-13-19)27-16-6-11-24(27)29)17-31-25(30)22-10-5-4-9-21(22)18-7-2-1-3-8-18/h1-5,7-10,12-15H,6,11,16-17H2,(H,26,28). The molecule has 6 nitrogen and oxygen atoms in total. The summed E-state index contributed by atoms with van der Waals surface area (Å²) >= 11 is 0. The molecule has 4 rings (SSSR count). The van der Waals surface area contributed by atoms with Gasteiger partial charge in [0.2, 0.25) is 5.91 Å². The van der Waals surface area contributed by atoms with Crippen LogP contribution in [0.25, 0.3) is 11.1 Å². The molecule has 1 saturated heterocycles. The zero-order valence-electron chi connectivity index (χ0n) is 16.9. The molecular formula is C25H22N2O4. The van der Waals surface area contributed by atoms with E-state index in [-0.39, 0.29) is 5.91 Å². The molecule has 1 N–H and O–H groups in total. The SMILES string of the molecule is O=C(COC(=O)c1ccccc1-c1ccccc1)Nc1ccc(N2CCCC2=O)cc1. The Kier molecular flexibility index (Phi) is 6.08. The van der Waals surface area contributed by atoms with Gasteiger partial charge in [0.15, 0.2) is 6.61 Å². The van der Waals surface area contributed by atoms with Gasteiger partial charge in [0.1, 0.15) is 0 Å². The second-order valence-electron chi connectivity index (χ2n) is 7.23. The van der Waals surface area contributed by atoms with Crippen LogP contribution >= 0.6 is 0 Å². The van der Waals surface area contributed by atoms with E-state index in [4.69, 9.17) is 4.74 Å². The number of carbonyl (C=O) groups excluding carboxylic acids is 3. The van der Waals surface area contributed by atoms with Crippen LogP contribution in [0.5, 0.6) is 0 Å². The van der Waals surface area contributed by atoms with Crippen LogP contribution in [0.15, 0.2) is 78.9 Å². The predicted molar refractivity (Wildman–Crippen MR) is 119 cm³/mol. The van der Waals surface area contributed by atoms with Crippen molar-refractivity contribution in [1.29, 1.82) is 0 Å². The van der Waals surface area contributed by atoms with E-state index in [9.17, 15) is 14.4 Å². The lowest BCUT2D eigenvalue weighted by molar-refractivity contribution is -0.119. The number of hydrogen-bond donors (Lipinski definition) is 1. The first-order chi connectivity index (χ1) is 15.1. The molecule has 0 saturated carbocycles. The number of anilines is 2. The fraction of sp³-hybridized carbons (Fsp3) is 0.160. The lowest BCUT2D eigenvalue weighted by Gasteiger charge is -2.16. The lowest BCUT2D eigenvalue weighted by Crippen LogP contribution is -2.24. The van der Waals surface area contributed by atoms with Crippen LogP contribution in [0.3, 0.4) is 0 Å². The number of benzene rings is 3. The Balaban J connectivity index is 1.35. The molecule has 156 valence electrons. The maximum Gasteiger partial charge on any atom is 0.339 e. The zero-order chi connectivity index (χ0) is 21.6. The Morgan fingerprint density at radius 2 is 1.61 bits per heavy atom. The minimum Gasteiger partial charge on any atom is -0.452 e. The first kappa shape index (κ1) is 20.3. The highest BCUT2D eigenvalue weighted by Gasteiger charge is 2.21. The molecule has 0 radical (unpaired) electrons. The Bertz CT molecular complexity index is 1090. The van der Waals surface area contributed by atoms with Gasteiger partial charge in [-0.05, 0) is 47.9 Å². The highest BCUT2D eigenvalue weighted by Crippen LogP contribution is 2.25.